The summed E-state index contributed by atoms with van der Waals surface area (Å²) in [5, 5.41) is 8.93. The molecule has 18 heavy (non-hydrogen) atoms. The smallest absolute Gasteiger partial charge is 0.338 e. The van der Waals surface area contributed by atoms with Gasteiger partial charge in [0.1, 0.15) is 11.8 Å². The minimum atomic E-state index is -0.335. The van der Waals surface area contributed by atoms with E-state index in [9.17, 15) is 4.79 Å². The Hall–Kier alpha value is -2.54. The van der Waals surface area contributed by atoms with Crippen LogP contribution in [0.5, 0.6) is 0 Å². The van der Waals surface area contributed by atoms with Crippen LogP contribution in [-0.2, 0) is 4.74 Å². The van der Waals surface area contributed by atoms with Crippen LogP contribution in [-0.4, -0.2) is 17.6 Å². The van der Waals surface area contributed by atoms with Gasteiger partial charge in [-0.05, 0) is 30.7 Å². The fourth-order valence-corrected chi connectivity index (χ4v) is 1.70. The van der Waals surface area contributed by atoms with Crippen LogP contribution in [0.3, 0.4) is 0 Å². The minimum Gasteiger partial charge on any atom is -0.462 e. The summed E-state index contributed by atoms with van der Waals surface area (Å²) < 4.78 is 4.91. The van der Waals surface area contributed by atoms with E-state index in [0.717, 1.165) is 11.1 Å². The third-order valence-corrected chi connectivity index (χ3v) is 2.57. The number of aromatic nitrogens is 1. The molecule has 1 aromatic heterocycles. The van der Waals surface area contributed by atoms with Crippen molar-refractivity contribution in [3.05, 3.63) is 47.8 Å². The van der Waals surface area contributed by atoms with E-state index >= 15 is 0 Å². The molecule has 4 heteroatoms. The number of carbonyl (C=O) groups is 1. The fraction of sp³-hybridized carbons (Fsp3) is 0.143. The van der Waals surface area contributed by atoms with E-state index in [4.69, 9.17) is 10.00 Å². The summed E-state index contributed by atoms with van der Waals surface area (Å²) in [6, 6.07) is 10.9. The lowest BCUT2D eigenvalue weighted by atomic mass is 10.0. The Labute approximate surface area is 105 Å². The fourth-order valence-electron chi connectivity index (χ4n) is 1.70. The lowest BCUT2D eigenvalue weighted by Gasteiger charge is -2.03. The van der Waals surface area contributed by atoms with Gasteiger partial charge >= 0.3 is 5.97 Å². The van der Waals surface area contributed by atoms with E-state index in [1.54, 1.807) is 37.4 Å². The second-order valence-corrected chi connectivity index (χ2v) is 3.68. The molecule has 2 rings (SSSR count). The van der Waals surface area contributed by atoms with Gasteiger partial charge in [-0.1, -0.05) is 12.1 Å². The molecule has 0 saturated carbocycles. The first-order chi connectivity index (χ1) is 8.76. The van der Waals surface area contributed by atoms with Crippen LogP contribution < -0.4 is 0 Å². The average Bonchev–Trinajstić information content (AvgIpc) is 2.87. The largest absolute Gasteiger partial charge is 0.462 e. The number of rotatable bonds is 3. The first-order valence-electron chi connectivity index (χ1n) is 5.61. The zero-order valence-electron chi connectivity index (χ0n) is 9.93. The van der Waals surface area contributed by atoms with Gasteiger partial charge in [0.25, 0.3) is 0 Å². The van der Waals surface area contributed by atoms with Gasteiger partial charge in [-0.3, -0.25) is 0 Å². The van der Waals surface area contributed by atoms with Gasteiger partial charge in [-0.15, -0.1) is 0 Å². The number of hydrogen-bond donors (Lipinski definition) is 1. The quantitative estimate of drug-likeness (QED) is 0.839. The summed E-state index contributed by atoms with van der Waals surface area (Å²) in [5.41, 5.74) is 2.74. The molecule has 1 heterocycles. The lowest BCUT2D eigenvalue weighted by molar-refractivity contribution is 0.0526. The van der Waals surface area contributed by atoms with Crippen molar-refractivity contribution in [3.8, 4) is 17.2 Å². The van der Waals surface area contributed by atoms with Gasteiger partial charge in [0.15, 0.2) is 0 Å². The molecule has 1 aromatic carbocycles. The summed E-state index contributed by atoms with van der Waals surface area (Å²) >= 11 is 0. The Morgan fingerprint density at radius 1 is 1.33 bits per heavy atom. The van der Waals surface area contributed by atoms with Gasteiger partial charge in [-0.2, -0.15) is 5.26 Å². The monoisotopic (exact) mass is 240 g/mol. The van der Waals surface area contributed by atoms with E-state index in [1.165, 1.54) is 0 Å². The van der Waals surface area contributed by atoms with Crippen molar-refractivity contribution in [2.45, 2.75) is 6.92 Å². The van der Waals surface area contributed by atoms with Crippen LogP contribution in [0.25, 0.3) is 11.1 Å². The molecule has 0 aliphatic carbocycles. The Balaban J connectivity index is 2.28. The van der Waals surface area contributed by atoms with E-state index in [-0.39, 0.29) is 5.97 Å². The number of esters is 1. The van der Waals surface area contributed by atoms with Crippen molar-refractivity contribution in [3.63, 3.8) is 0 Å². The predicted molar refractivity (Wildman–Crippen MR) is 66.9 cm³/mol. The molecule has 0 aliphatic heterocycles. The number of aromatic amines is 1. The molecule has 4 nitrogen and oxygen atoms in total. The first kappa shape index (κ1) is 11.9. The number of ether oxygens (including phenoxy) is 1. The zero-order chi connectivity index (χ0) is 13.0. The molecule has 0 fully saturated rings. The zero-order valence-corrected chi connectivity index (χ0v) is 9.93. The molecule has 0 bridgehead atoms. The average molecular weight is 240 g/mol. The van der Waals surface area contributed by atoms with Crippen LogP contribution in [0.15, 0.2) is 36.5 Å². The van der Waals surface area contributed by atoms with Crippen LogP contribution in [0, 0.1) is 11.3 Å². The van der Waals surface area contributed by atoms with Crippen molar-refractivity contribution in [1.82, 2.24) is 4.98 Å². The summed E-state index contributed by atoms with van der Waals surface area (Å²) in [6.45, 7) is 2.13. The third-order valence-electron chi connectivity index (χ3n) is 2.57. The maximum atomic E-state index is 11.5. The number of hydrogen-bond acceptors (Lipinski definition) is 3. The summed E-state index contributed by atoms with van der Waals surface area (Å²) in [4.78, 5) is 14.3. The number of carbonyl (C=O) groups excluding carboxylic acids is 1. The number of nitriles is 1. The molecule has 2 aromatic rings. The van der Waals surface area contributed by atoms with E-state index < -0.39 is 0 Å². The van der Waals surface area contributed by atoms with Crippen molar-refractivity contribution < 1.29 is 9.53 Å². The van der Waals surface area contributed by atoms with Gasteiger partial charge in [0.2, 0.25) is 0 Å². The molecule has 0 unspecified atom stereocenters. The van der Waals surface area contributed by atoms with Gasteiger partial charge in [-0.25, -0.2) is 4.79 Å². The second-order valence-electron chi connectivity index (χ2n) is 3.68. The predicted octanol–water partition coefficient (Wildman–Crippen LogP) is 2.73. The van der Waals surface area contributed by atoms with E-state index in [0.29, 0.717) is 17.9 Å². The van der Waals surface area contributed by atoms with Crippen LogP contribution in [0.1, 0.15) is 23.0 Å². The van der Waals surface area contributed by atoms with E-state index in [1.807, 2.05) is 6.07 Å². The maximum absolute atomic E-state index is 11.5. The highest BCUT2D eigenvalue weighted by Crippen LogP contribution is 2.22. The molecule has 0 amide bonds. The summed E-state index contributed by atoms with van der Waals surface area (Å²) in [5.74, 6) is -0.335. The maximum Gasteiger partial charge on any atom is 0.338 e. The molecular weight excluding hydrogens is 228 g/mol. The first-order valence-corrected chi connectivity index (χ1v) is 5.61. The van der Waals surface area contributed by atoms with Crippen molar-refractivity contribution >= 4 is 5.97 Å². The van der Waals surface area contributed by atoms with Crippen molar-refractivity contribution in [1.29, 1.82) is 5.26 Å². The Morgan fingerprint density at radius 2 is 2.06 bits per heavy atom. The lowest BCUT2D eigenvalue weighted by Crippen LogP contribution is -2.03. The summed E-state index contributed by atoms with van der Waals surface area (Å²) in [6.07, 6.45) is 1.72. The molecule has 0 saturated heterocycles. The van der Waals surface area contributed by atoms with Crippen molar-refractivity contribution in [2.75, 3.05) is 6.61 Å². The highest BCUT2D eigenvalue weighted by atomic mass is 16.5. The number of nitrogens with one attached hydrogen (secondary N) is 1. The van der Waals surface area contributed by atoms with Gasteiger partial charge < -0.3 is 9.72 Å². The Morgan fingerprint density at radius 3 is 2.67 bits per heavy atom. The molecule has 0 aliphatic rings. The summed E-state index contributed by atoms with van der Waals surface area (Å²) in [7, 11) is 0. The molecule has 90 valence electrons. The van der Waals surface area contributed by atoms with Crippen molar-refractivity contribution in [2.24, 2.45) is 0 Å². The minimum absolute atomic E-state index is 0.335. The third kappa shape index (κ3) is 2.25. The topological polar surface area (TPSA) is 65.9 Å². The SMILES string of the molecule is CCOC(=O)c1ccc(-c2cc[nH]c2C#N)cc1. The molecule has 1 N–H and O–H groups in total. The van der Waals surface area contributed by atoms with Crippen LogP contribution in [0.2, 0.25) is 0 Å². The molecular formula is C14H12N2O2. The van der Waals surface area contributed by atoms with Crippen LogP contribution in [0.4, 0.5) is 0 Å². The number of nitrogens with zero attached hydrogens (tertiary/aromatic N) is 1. The Bertz CT molecular complexity index is 591. The molecule has 0 spiro atoms. The number of benzene rings is 1. The molecule has 0 atom stereocenters. The highest BCUT2D eigenvalue weighted by molar-refractivity contribution is 5.90. The normalized spacial score (nSPS) is 9.78. The molecule has 0 radical (unpaired) electrons. The van der Waals surface area contributed by atoms with Gasteiger partial charge in [0, 0.05) is 11.8 Å². The highest BCUT2D eigenvalue weighted by Gasteiger charge is 2.08. The Kier molecular flexibility index (Phi) is 3.44. The second kappa shape index (κ2) is 5.19. The standard InChI is InChI=1S/C14H12N2O2/c1-2-18-14(17)11-5-3-10(4-6-11)12-7-8-16-13(12)9-15/h3-8,16H,2H2,1H3. The van der Waals surface area contributed by atoms with Crippen LogP contribution >= 0.6 is 0 Å². The van der Waals surface area contributed by atoms with E-state index in [2.05, 4.69) is 11.1 Å². The number of H-pyrrole nitrogens is 1. The van der Waals surface area contributed by atoms with Gasteiger partial charge in [0.05, 0.1) is 12.2 Å².